The van der Waals surface area contributed by atoms with Gasteiger partial charge in [-0.25, -0.2) is 0 Å². The van der Waals surface area contributed by atoms with Gasteiger partial charge < -0.3 is 28.8 Å². The Kier molecular flexibility index (Phi) is 7.79. The molecule has 2 rings (SSSR count). The van der Waals surface area contributed by atoms with Crippen molar-refractivity contribution in [3.63, 3.8) is 0 Å². The second kappa shape index (κ2) is 10.3. The van der Waals surface area contributed by atoms with Crippen molar-refractivity contribution in [2.45, 2.75) is 6.42 Å². The van der Waals surface area contributed by atoms with E-state index in [9.17, 15) is 14.7 Å². The number of ketones is 2. The Bertz CT molecular complexity index is 814. The van der Waals surface area contributed by atoms with E-state index in [-0.39, 0.29) is 36.4 Å². The molecule has 0 bridgehead atoms. The maximum absolute atomic E-state index is 12.7. The highest BCUT2D eigenvalue weighted by molar-refractivity contribution is 6.15. The first-order chi connectivity index (χ1) is 13.5. The van der Waals surface area contributed by atoms with Crippen LogP contribution >= 0.6 is 0 Å². The lowest BCUT2D eigenvalue weighted by Gasteiger charge is -2.14. The zero-order chi connectivity index (χ0) is 20.5. The predicted molar refractivity (Wildman–Crippen MR) is 99.4 cm³/mol. The highest BCUT2D eigenvalue weighted by atomic mass is 16.7. The van der Waals surface area contributed by atoms with Crippen LogP contribution in [0.1, 0.15) is 27.1 Å². The monoisotopic (exact) mass is 390 g/mol. The van der Waals surface area contributed by atoms with Gasteiger partial charge in [0.15, 0.2) is 25.2 Å². The molecule has 0 fully saturated rings. The van der Waals surface area contributed by atoms with E-state index in [1.165, 1.54) is 33.5 Å². The largest absolute Gasteiger partial charge is 0.507 e. The number of Topliss-reactive ketones (excluding diaryl/α,β-unsaturated/α-hetero) is 2. The Morgan fingerprint density at radius 1 is 0.857 bits per heavy atom. The van der Waals surface area contributed by atoms with Gasteiger partial charge in [-0.15, -0.1) is 0 Å². The van der Waals surface area contributed by atoms with Crippen molar-refractivity contribution in [3.8, 4) is 23.0 Å². The van der Waals surface area contributed by atoms with Gasteiger partial charge in [0.1, 0.15) is 28.6 Å². The van der Waals surface area contributed by atoms with Crippen LogP contribution in [0.5, 0.6) is 23.0 Å². The third-order valence-electron chi connectivity index (χ3n) is 3.74. The molecule has 150 valence electrons. The summed E-state index contributed by atoms with van der Waals surface area (Å²) in [6.45, 7) is -0.202. The first-order valence-electron chi connectivity index (χ1n) is 8.31. The van der Waals surface area contributed by atoms with E-state index >= 15 is 0 Å². The molecule has 0 aromatic heterocycles. The van der Waals surface area contributed by atoms with Gasteiger partial charge in [0, 0.05) is 31.9 Å². The molecule has 1 N–H and O–H groups in total. The van der Waals surface area contributed by atoms with Gasteiger partial charge in [-0.3, -0.25) is 9.59 Å². The molecule has 2 aromatic rings. The molecule has 0 saturated heterocycles. The molecule has 0 amide bonds. The topological polar surface area (TPSA) is 101 Å². The number of hydrogen-bond acceptors (Lipinski definition) is 8. The summed E-state index contributed by atoms with van der Waals surface area (Å²) in [6, 6.07) is 9.07. The Labute approximate surface area is 162 Å². The Morgan fingerprint density at radius 2 is 1.50 bits per heavy atom. The maximum atomic E-state index is 12.7. The molecule has 0 aliphatic heterocycles. The van der Waals surface area contributed by atoms with Crippen LogP contribution in [0.4, 0.5) is 0 Å². The number of carbonyl (C=O) groups is 2. The van der Waals surface area contributed by atoms with Crippen LogP contribution in [-0.2, 0) is 9.47 Å². The first-order valence-corrected chi connectivity index (χ1v) is 8.31. The number of benzene rings is 2. The molecule has 8 nitrogen and oxygen atoms in total. The van der Waals surface area contributed by atoms with Gasteiger partial charge in [-0.2, -0.15) is 0 Å². The molecule has 8 heteroatoms. The summed E-state index contributed by atoms with van der Waals surface area (Å²) < 4.78 is 25.4. The molecule has 0 heterocycles. The van der Waals surface area contributed by atoms with Gasteiger partial charge in [0.2, 0.25) is 0 Å². The number of ether oxygens (including phenoxy) is 5. The standard InChI is InChI=1S/C20H22O8/c1-24-11-27-15-8-17(22)20(19(9-15)28-12-25-2)18(23)10-16(21)13-4-6-14(26-3)7-5-13/h4-9,22H,10-12H2,1-3H3. The van der Waals surface area contributed by atoms with E-state index < -0.39 is 18.0 Å². The molecule has 0 unspecified atom stereocenters. The summed E-state index contributed by atoms with van der Waals surface area (Å²) in [4.78, 5) is 25.1. The fourth-order valence-corrected chi connectivity index (χ4v) is 2.42. The van der Waals surface area contributed by atoms with Gasteiger partial charge in [-0.1, -0.05) is 0 Å². The summed E-state index contributed by atoms with van der Waals surface area (Å²) in [5.41, 5.74) is 0.233. The van der Waals surface area contributed by atoms with Crippen molar-refractivity contribution < 1.29 is 38.4 Å². The summed E-state index contributed by atoms with van der Waals surface area (Å²) in [5, 5.41) is 10.3. The molecular formula is C20H22O8. The van der Waals surface area contributed by atoms with E-state index in [4.69, 9.17) is 23.7 Å². The number of aromatic hydroxyl groups is 1. The Balaban J connectivity index is 2.24. The lowest BCUT2D eigenvalue weighted by molar-refractivity contribution is 0.0452. The molecule has 28 heavy (non-hydrogen) atoms. The average Bonchev–Trinajstić information content (AvgIpc) is 2.70. The predicted octanol–water partition coefficient (Wildman–Crippen LogP) is 2.82. The van der Waals surface area contributed by atoms with E-state index in [1.807, 2.05) is 0 Å². The number of hydrogen-bond donors (Lipinski definition) is 1. The lowest BCUT2D eigenvalue weighted by atomic mass is 10.00. The van der Waals surface area contributed by atoms with Gasteiger partial charge in [-0.05, 0) is 24.3 Å². The van der Waals surface area contributed by atoms with E-state index in [2.05, 4.69) is 0 Å². The lowest BCUT2D eigenvalue weighted by Crippen LogP contribution is -2.12. The van der Waals surface area contributed by atoms with Crippen LogP contribution in [0.25, 0.3) is 0 Å². The van der Waals surface area contributed by atoms with Crippen LogP contribution in [0, 0.1) is 0 Å². The van der Waals surface area contributed by atoms with Crippen molar-refractivity contribution in [1.29, 1.82) is 0 Å². The fraction of sp³-hybridized carbons (Fsp3) is 0.300. The molecule has 0 aliphatic carbocycles. The van der Waals surface area contributed by atoms with Crippen LogP contribution in [0.3, 0.4) is 0 Å². The van der Waals surface area contributed by atoms with Gasteiger partial charge in [0.25, 0.3) is 0 Å². The van der Waals surface area contributed by atoms with Crippen LogP contribution in [0.15, 0.2) is 36.4 Å². The zero-order valence-corrected chi connectivity index (χ0v) is 15.9. The minimum Gasteiger partial charge on any atom is -0.507 e. The number of rotatable bonds is 11. The minimum absolute atomic E-state index is 0.0421. The van der Waals surface area contributed by atoms with E-state index in [1.54, 1.807) is 24.3 Å². The SMILES string of the molecule is COCOc1cc(O)c(C(=O)CC(=O)c2ccc(OC)cc2)c(OCOC)c1. The Morgan fingerprint density at radius 3 is 2.11 bits per heavy atom. The molecule has 0 atom stereocenters. The number of phenols is 1. The summed E-state index contributed by atoms with van der Waals surface area (Å²) in [7, 11) is 4.38. The third-order valence-corrected chi connectivity index (χ3v) is 3.74. The average molecular weight is 390 g/mol. The second-order valence-corrected chi connectivity index (χ2v) is 5.67. The van der Waals surface area contributed by atoms with Crippen LogP contribution in [-0.4, -0.2) is 51.6 Å². The molecule has 0 aliphatic rings. The summed E-state index contributed by atoms with van der Waals surface area (Å²) in [6.07, 6.45) is -0.443. The smallest absolute Gasteiger partial charge is 0.188 e. The molecule has 0 radical (unpaired) electrons. The van der Waals surface area contributed by atoms with Gasteiger partial charge >= 0.3 is 0 Å². The quantitative estimate of drug-likeness (QED) is 0.355. The first kappa shape index (κ1) is 21.2. The number of phenolic OH excluding ortho intramolecular Hbond substituents is 1. The maximum Gasteiger partial charge on any atom is 0.188 e. The normalized spacial score (nSPS) is 10.4. The summed E-state index contributed by atoms with van der Waals surface area (Å²) in [5.74, 6) is -0.481. The number of methoxy groups -OCH3 is 3. The fourth-order valence-electron chi connectivity index (χ4n) is 2.42. The highest BCUT2D eigenvalue weighted by Crippen LogP contribution is 2.35. The number of carbonyl (C=O) groups excluding carboxylic acids is 2. The molecular weight excluding hydrogens is 368 g/mol. The highest BCUT2D eigenvalue weighted by Gasteiger charge is 2.23. The van der Waals surface area contributed by atoms with Gasteiger partial charge in [0.05, 0.1) is 13.5 Å². The zero-order valence-electron chi connectivity index (χ0n) is 15.9. The molecule has 0 spiro atoms. The van der Waals surface area contributed by atoms with Crippen LogP contribution in [0.2, 0.25) is 0 Å². The molecule has 0 saturated carbocycles. The second-order valence-electron chi connectivity index (χ2n) is 5.67. The third kappa shape index (κ3) is 5.45. The Hall–Kier alpha value is -3.10. The van der Waals surface area contributed by atoms with Crippen LogP contribution < -0.4 is 14.2 Å². The van der Waals surface area contributed by atoms with Crippen molar-refractivity contribution in [1.82, 2.24) is 0 Å². The van der Waals surface area contributed by atoms with E-state index in [0.717, 1.165) is 0 Å². The minimum atomic E-state index is -0.595. The van der Waals surface area contributed by atoms with E-state index in [0.29, 0.717) is 11.3 Å². The van der Waals surface area contributed by atoms with Crippen molar-refractivity contribution in [3.05, 3.63) is 47.5 Å². The molecule has 2 aromatic carbocycles. The van der Waals surface area contributed by atoms with Crippen molar-refractivity contribution in [2.75, 3.05) is 34.9 Å². The van der Waals surface area contributed by atoms with Crippen molar-refractivity contribution in [2.24, 2.45) is 0 Å². The summed E-state index contributed by atoms with van der Waals surface area (Å²) >= 11 is 0. The van der Waals surface area contributed by atoms with Crippen molar-refractivity contribution >= 4 is 11.6 Å².